The summed E-state index contributed by atoms with van der Waals surface area (Å²) in [6.45, 7) is 1.89. The Kier molecular flexibility index (Phi) is 10.0. The van der Waals surface area contributed by atoms with Gasteiger partial charge in [0.05, 0.1) is 24.1 Å². The van der Waals surface area contributed by atoms with E-state index in [9.17, 15) is 18.0 Å². The summed E-state index contributed by atoms with van der Waals surface area (Å²) in [5.74, 6) is 0.101. The molecule has 2 amide bonds. The molecular formula is C23H29Cl2N3O5S. The number of halogens is 2. The highest BCUT2D eigenvalue weighted by Gasteiger charge is 2.26. The van der Waals surface area contributed by atoms with Gasteiger partial charge in [0, 0.05) is 31.6 Å². The van der Waals surface area contributed by atoms with Crippen LogP contribution in [-0.4, -0.2) is 58.1 Å². The zero-order valence-electron chi connectivity index (χ0n) is 19.5. The van der Waals surface area contributed by atoms with Crippen molar-refractivity contribution < 1.29 is 22.7 Å². The van der Waals surface area contributed by atoms with E-state index in [1.165, 1.54) is 24.1 Å². The fourth-order valence-electron chi connectivity index (χ4n) is 3.38. The molecule has 34 heavy (non-hydrogen) atoms. The number of nitrogens with zero attached hydrogens (tertiary/aromatic N) is 2. The molecule has 0 saturated carbocycles. The maximum absolute atomic E-state index is 13.1. The molecular weight excluding hydrogens is 501 g/mol. The van der Waals surface area contributed by atoms with Crippen LogP contribution in [0.15, 0.2) is 42.5 Å². The Labute approximate surface area is 210 Å². The minimum absolute atomic E-state index is 0.0232. The second-order valence-corrected chi connectivity index (χ2v) is 10.4. The molecule has 0 aliphatic rings. The first-order valence-electron chi connectivity index (χ1n) is 10.5. The summed E-state index contributed by atoms with van der Waals surface area (Å²) in [5.41, 5.74) is 1.08. The second-order valence-electron chi connectivity index (χ2n) is 7.69. The molecule has 1 N–H and O–H groups in total. The predicted octanol–water partition coefficient (Wildman–Crippen LogP) is 3.71. The van der Waals surface area contributed by atoms with Crippen LogP contribution in [0.5, 0.6) is 5.75 Å². The van der Waals surface area contributed by atoms with Gasteiger partial charge < -0.3 is 15.0 Å². The summed E-state index contributed by atoms with van der Waals surface area (Å²) < 4.78 is 31.1. The van der Waals surface area contributed by atoms with Gasteiger partial charge in [-0.15, -0.1) is 0 Å². The normalized spacial score (nSPS) is 12.1. The predicted molar refractivity (Wildman–Crippen MR) is 135 cm³/mol. The molecule has 0 bridgehead atoms. The van der Waals surface area contributed by atoms with Crippen molar-refractivity contribution in [3.05, 3.63) is 58.1 Å². The van der Waals surface area contributed by atoms with Crippen molar-refractivity contribution in [2.75, 3.05) is 31.3 Å². The number of ether oxygens (including phenoxy) is 1. The number of sulfonamides is 1. The third-order valence-corrected chi connectivity index (χ3v) is 6.99. The molecule has 2 aromatic rings. The molecule has 1 atom stereocenters. The van der Waals surface area contributed by atoms with Crippen LogP contribution in [0, 0.1) is 0 Å². The number of hydrogen-bond acceptors (Lipinski definition) is 5. The number of methoxy groups -OCH3 is 1. The number of rotatable bonds is 11. The molecule has 1 unspecified atom stereocenters. The monoisotopic (exact) mass is 529 g/mol. The van der Waals surface area contributed by atoms with Gasteiger partial charge in [-0.1, -0.05) is 35.3 Å². The molecule has 2 aromatic carbocycles. The number of anilines is 1. The Hall–Kier alpha value is -2.49. The fourth-order valence-corrected chi connectivity index (χ4v) is 4.78. The van der Waals surface area contributed by atoms with Crippen LogP contribution in [0.3, 0.4) is 0 Å². The van der Waals surface area contributed by atoms with Crippen molar-refractivity contribution in [1.82, 2.24) is 10.2 Å². The quantitative estimate of drug-likeness (QED) is 0.478. The first-order valence-corrected chi connectivity index (χ1v) is 13.1. The van der Waals surface area contributed by atoms with E-state index in [4.69, 9.17) is 27.9 Å². The first kappa shape index (κ1) is 27.8. The van der Waals surface area contributed by atoms with Gasteiger partial charge in [-0.05, 0) is 49.2 Å². The molecule has 0 aromatic heterocycles. The number of benzene rings is 2. The van der Waals surface area contributed by atoms with Crippen LogP contribution in [0.1, 0.15) is 25.3 Å². The van der Waals surface area contributed by atoms with Crippen molar-refractivity contribution in [3.8, 4) is 5.75 Å². The SMILES string of the molecule is CNC(=O)C(C)N(Cc1ccc(OC)cc1)C(=O)CCCN(c1cc(Cl)ccc1Cl)S(C)(=O)=O. The van der Waals surface area contributed by atoms with E-state index in [2.05, 4.69) is 5.32 Å². The van der Waals surface area contributed by atoms with Crippen LogP contribution >= 0.6 is 23.2 Å². The number of nitrogens with one attached hydrogen (secondary N) is 1. The van der Waals surface area contributed by atoms with E-state index in [1.54, 1.807) is 32.2 Å². The van der Waals surface area contributed by atoms with Crippen LogP contribution in [0.25, 0.3) is 0 Å². The molecule has 0 fully saturated rings. The third-order valence-electron chi connectivity index (χ3n) is 5.25. The summed E-state index contributed by atoms with van der Waals surface area (Å²) in [7, 11) is -0.603. The molecule has 8 nitrogen and oxygen atoms in total. The Morgan fingerprint density at radius 3 is 2.32 bits per heavy atom. The highest BCUT2D eigenvalue weighted by molar-refractivity contribution is 7.92. The van der Waals surface area contributed by atoms with Crippen molar-refractivity contribution >= 4 is 50.7 Å². The average molecular weight is 530 g/mol. The average Bonchev–Trinajstić information content (AvgIpc) is 2.80. The smallest absolute Gasteiger partial charge is 0.242 e. The van der Waals surface area contributed by atoms with E-state index < -0.39 is 16.1 Å². The van der Waals surface area contributed by atoms with Gasteiger partial charge in [0.25, 0.3) is 0 Å². The lowest BCUT2D eigenvalue weighted by Gasteiger charge is -2.29. The van der Waals surface area contributed by atoms with Gasteiger partial charge in [-0.25, -0.2) is 8.42 Å². The Bertz CT molecular complexity index is 1110. The molecule has 0 aliphatic heterocycles. The zero-order chi connectivity index (χ0) is 25.5. The molecule has 0 heterocycles. The Morgan fingerprint density at radius 1 is 1.12 bits per heavy atom. The van der Waals surface area contributed by atoms with Gasteiger partial charge in [0.15, 0.2) is 0 Å². The van der Waals surface area contributed by atoms with E-state index in [0.717, 1.165) is 16.1 Å². The molecule has 0 radical (unpaired) electrons. The number of likely N-dealkylation sites (N-methyl/N-ethyl adjacent to an activating group) is 1. The minimum atomic E-state index is -3.67. The van der Waals surface area contributed by atoms with Crippen LogP contribution in [0.2, 0.25) is 10.0 Å². The molecule has 186 valence electrons. The van der Waals surface area contributed by atoms with E-state index >= 15 is 0 Å². The summed E-state index contributed by atoms with van der Waals surface area (Å²) >= 11 is 12.2. The number of carbonyl (C=O) groups is 2. The van der Waals surface area contributed by atoms with E-state index in [-0.39, 0.29) is 48.5 Å². The zero-order valence-corrected chi connectivity index (χ0v) is 21.9. The summed E-state index contributed by atoms with van der Waals surface area (Å²) in [6.07, 6.45) is 1.31. The first-order chi connectivity index (χ1) is 16.0. The van der Waals surface area contributed by atoms with Crippen molar-refractivity contribution in [2.24, 2.45) is 0 Å². The molecule has 0 aliphatic carbocycles. The summed E-state index contributed by atoms with van der Waals surface area (Å²) in [4.78, 5) is 26.9. The molecule has 2 rings (SSSR count). The Morgan fingerprint density at radius 2 is 1.76 bits per heavy atom. The maximum Gasteiger partial charge on any atom is 0.242 e. The number of hydrogen-bond donors (Lipinski definition) is 1. The topological polar surface area (TPSA) is 96.0 Å². The fraction of sp³-hybridized carbons (Fsp3) is 0.391. The van der Waals surface area contributed by atoms with E-state index in [0.29, 0.717) is 10.8 Å². The minimum Gasteiger partial charge on any atom is -0.497 e. The van der Waals surface area contributed by atoms with Gasteiger partial charge in [0.1, 0.15) is 11.8 Å². The third kappa shape index (κ3) is 7.51. The van der Waals surface area contributed by atoms with Crippen LogP contribution < -0.4 is 14.4 Å². The van der Waals surface area contributed by atoms with E-state index in [1.807, 2.05) is 12.1 Å². The molecule has 0 saturated heterocycles. The van der Waals surface area contributed by atoms with Crippen molar-refractivity contribution in [1.29, 1.82) is 0 Å². The maximum atomic E-state index is 13.1. The standard InChI is InChI=1S/C23H29Cl2N3O5S/c1-16(23(30)26-2)27(15-17-7-10-19(33-3)11-8-17)22(29)6-5-13-28(34(4,31)32)21-14-18(24)9-12-20(21)25/h7-12,14,16H,5-6,13,15H2,1-4H3,(H,26,30). The lowest BCUT2D eigenvalue weighted by molar-refractivity contribution is -0.140. The van der Waals surface area contributed by atoms with Gasteiger partial charge >= 0.3 is 0 Å². The molecule has 11 heteroatoms. The second kappa shape index (κ2) is 12.3. The Balaban J connectivity index is 2.17. The summed E-state index contributed by atoms with van der Waals surface area (Å²) in [6, 6.07) is 11.0. The highest BCUT2D eigenvalue weighted by Crippen LogP contribution is 2.31. The largest absolute Gasteiger partial charge is 0.497 e. The van der Waals surface area contributed by atoms with Gasteiger partial charge in [-0.3, -0.25) is 13.9 Å². The lowest BCUT2D eigenvalue weighted by Crippen LogP contribution is -2.46. The van der Waals surface area contributed by atoms with Crippen LogP contribution in [0.4, 0.5) is 5.69 Å². The molecule has 0 spiro atoms. The van der Waals surface area contributed by atoms with Crippen LogP contribution in [-0.2, 0) is 26.2 Å². The number of carbonyl (C=O) groups excluding carboxylic acids is 2. The summed E-state index contributed by atoms with van der Waals surface area (Å²) in [5, 5.41) is 3.14. The number of amides is 2. The van der Waals surface area contributed by atoms with Gasteiger partial charge in [-0.2, -0.15) is 0 Å². The van der Waals surface area contributed by atoms with Crippen molar-refractivity contribution in [3.63, 3.8) is 0 Å². The van der Waals surface area contributed by atoms with Crippen molar-refractivity contribution in [2.45, 2.75) is 32.4 Å². The van der Waals surface area contributed by atoms with Gasteiger partial charge in [0.2, 0.25) is 21.8 Å². The lowest BCUT2D eigenvalue weighted by atomic mass is 10.1. The highest BCUT2D eigenvalue weighted by atomic mass is 35.5.